The van der Waals surface area contributed by atoms with E-state index in [0.29, 0.717) is 16.9 Å². The van der Waals surface area contributed by atoms with E-state index < -0.39 is 27.5 Å². The summed E-state index contributed by atoms with van der Waals surface area (Å²) >= 11 is 0. The van der Waals surface area contributed by atoms with Crippen molar-refractivity contribution in [3.05, 3.63) is 89.7 Å². The molecule has 5 nitrogen and oxygen atoms in total. The lowest BCUT2D eigenvalue weighted by Gasteiger charge is -2.12. The number of alkyl halides is 3. The Labute approximate surface area is 177 Å². The third-order valence-electron chi connectivity index (χ3n) is 4.80. The van der Waals surface area contributed by atoms with Gasteiger partial charge in [-0.25, -0.2) is 13.4 Å². The van der Waals surface area contributed by atoms with Crippen LogP contribution in [0.3, 0.4) is 0 Å². The Morgan fingerprint density at radius 2 is 1.77 bits per heavy atom. The van der Waals surface area contributed by atoms with Crippen LogP contribution in [0.5, 0.6) is 0 Å². The number of nitrogens with one attached hydrogen (secondary N) is 1. The Hall–Kier alpha value is -3.33. The Kier molecular flexibility index (Phi) is 5.22. The summed E-state index contributed by atoms with van der Waals surface area (Å²) in [5, 5.41) is 0. The number of benzene rings is 2. The van der Waals surface area contributed by atoms with E-state index in [1.165, 1.54) is 12.1 Å². The number of aromatic nitrogens is 2. The minimum Gasteiger partial charge on any atom is -0.306 e. The summed E-state index contributed by atoms with van der Waals surface area (Å²) in [6.45, 7) is 1.77. The number of halogens is 3. The summed E-state index contributed by atoms with van der Waals surface area (Å²) in [5.74, 6) is -0.441. The highest BCUT2D eigenvalue weighted by atomic mass is 32.2. The highest BCUT2D eigenvalue weighted by Crippen LogP contribution is 2.30. The molecule has 0 bridgehead atoms. The fourth-order valence-corrected chi connectivity index (χ4v) is 4.44. The molecule has 0 spiro atoms. The van der Waals surface area contributed by atoms with Crippen LogP contribution in [0.4, 0.5) is 18.9 Å². The van der Waals surface area contributed by atoms with Crippen LogP contribution in [0.15, 0.2) is 73.1 Å². The van der Waals surface area contributed by atoms with E-state index in [9.17, 15) is 21.6 Å². The van der Waals surface area contributed by atoms with Gasteiger partial charge in [0.1, 0.15) is 5.65 Å². The standard InChI is InChI=1S/C22H18F3N3O2S/c1-15-5-8-17(20-13-28-11-3-2-4-21(28)26-20)12-19(15)27-31(29,30)14-16-6-9-18(10-7-16)22(23,24)25/h2-13,27H,14H2,1H3. The number of hydrogen-bond donors (Lipinski definition) is 1. The molecule has 160 valence electrons. The number of pyridine rings is 1. The monoisotopic (exact) mass is 445 g/mol. The van der Waals surface area contributed by atoms with Gasteiger partial charge in [-0.3, -0.25) is 4.72 Å². The van der Waals surface area contributed by atoms with Crippen LogP contribution in [0.25, 0.3) is 16.9 Å². The largest absolute Gasteiger partial charge is 0.416 e. The maximum atomic E-state index is 12.7. The molecule has 4 aromatic rings. The molecule has 4 rings (SSSR count). The zero-order valence-corrected chi connectivity index (χ0v) is 17.2. The van der Waals surface area contributed by atoms with E-state index in [2.05, 4.69) is 9.71 Å². The first-order valence-electron chi connectivity index (χ1n) is 9.32. The molecule has 9 heteroatoms. The first-order valence-corrected chi connectivity index (χ1v) is 11.0. The summed E-state index contributed by atoms with van der Waals surface area (Å²) in [4.78, 5) is 4.54. The first-order chi connectivity index (χ1) is 14.6. The summed E-state index contributed by atoms with van der Waals surface area (Å²) in [7, 11) is -3.84. The normalized spacial score (nSPS) is 12.3. The third-order valence-corrected chi connectivity index (χ3v) is 6.05. The lowest BCUT2D eigenvalue weighted by molar-refractivity contribution is -0.137. The van der Waals surface area contributed by atoms with Gasteiger partial charge < -0.3 is 4.40 Å². The van der Waals surface area contributed by atoms with Gasteiger partial charge in [-0.1, -0.05) is 30.3 Å². The van der Waals surface area contributed by atoms with Crippen LogP contribution in [0.2, 0.25) is 0 Å². The van der Waals surface area contributed by atoms with Gasteiger partial charge in [0.2, 0.25) is 10.0 Å². The highest BCUT2D eigenvalue weighted by Gasteiger charge is 2.30. The lowest BCUT2D eigenvalue weighted by Crippen LogP contribution is -2.16. The van der Waals surface area contributed by atoms with Gasteiger partial charge in [-0.05, 0) is 48.4 Å². The second-order valence-electron chi connectivity index (χ2n) is 7.18. The van der Waals surface area contributed by atoms with Crippen LogP contribution in [0.1, 0.15) is 16.7 Å². The van der Waals surface area contributed by atoms with Crippen LogP contribution in [-0.4, -0.2) is 17.8 Å². The quantitative estimate of drug-likeness (QED) is 0.455. The number of rotatable bonds is 5. The number of hydrogen-bond acceptors (Lipinski definition) is 3. The van der Waals surface area contributed by atoms with Crippen LogP contribution >= 0.6 is 0 Å². The molecule has 2 heterocycles. The fourth-order valence-electron chi connectivity index (χ4n) is 3.18. The first kappa shape index (κ1) is 20.9. The fraction of sp³-hybridized carbons (Fsp3) is 0.136. The van der Waals surface area contributed by atoms with Gasteiger partial charge in [0.15, 0.2) is 0 Å². The van der Waals surface area contributed by atoms with E-state index in [-0.39, 0.29) is 5.56 Å². The minimum absolute atomic E-state index is 0.259. The zero-order valence-electron chi connectivity index (χ0n) is 16.4. The Morgan fingerprint density at radius 1 is 1.03 bits per heavy atom. The van der Waals surface area contributed by atoms with Crippen molar-refractivity contribution < 1.29 is 21.6 Å². The van der Waals surface area contributed by atoms with Gasteiger partial charge >= 0.3 is 6.18 Å². The molecule has 0 atom stereocenters. The van der Waals surface area contributed by atoms with Crippen molar-refractivity contribution in [1.82, 2.24) is 9.38 Å². The van der Waals surface area contributed by atoms with Crippen molar-refractivity contribution in [2.75, 3.05) is 4.72 Å². The maximum absolute atomic E-state index is 12.7. The molecule has 0 fully saturated rings. The SMILES string of the molecule is Cc1ccc(-c2cn3ccccc3n2)cc1NS(=O)(=O)Cc1ccc(C(F)(F)F)cc1. The van der Waals surface area contributed by atoms with Crippen molar-refractivity contribution >= 4 is 21.4 Å². The van der Waals surface area contributed by atoms with Crippen molar-refractivity contribution in [1.29, 1.82) is 0 Å². The van der Waals surface area contributed by atoms with Gasteiger partial charge in [0.05, 0.1) is 22.7 Å². The number of nitrogens with zero attached hydrogens (tertiary/aromatic N) is 2. The van der Waals surface area contributed by atoms with E-state index in [1.54, 1.807) is 19.1 Å². The Balaban J connectivity index is 1.57. The Bertz CT molecular complexity index is 1310. The second-order valence-corrected chi connectivity index (χ2v) is 8.90. The summed E-state index contributed by atoms with van der Waals surface area (Å²) in [6.07, 6.45) is -0.751. The average molecular weight is 445 g/mol. The molecule has 31 heavy (non-hydrogen) atoms. The zero-order chi connectivity index (χ0) is 22.2. The smallest absolute Gasteiger partial charge is 0.306 e. The topological polar surface area (TPSA) is 63.5 Å². The Morgan fingerprint density at radius 3 is 2.45 bits per heavy atom. The van der Waals surface area contributed by atoms with E-state index in [0.717, 1.165) is 23.3 Å². The molecular formula is C22H18F3N3O2S. The molecular weight excluding hydrogens is 427 g/mol. The van der Waals surface area contributed by atoms with Crippen molar-refractivity contribution in [3.63, 3.8) is 0 Å². The maximum Gasteiger partial charge on any atom is 0.416 e. The van der Waals surface area contributed by atoms with E-state index >= 15 is 0 Å². The molecule has 2 aromatic carbocycles. The van der Waals surface area contributed by atoms with Crippen LogP contribution in [-0.2, 0) is 22.0 Å². The average Bonchev–Trinajstić information content (AvgIpc) is 3.13. The third kappa shape index (κ3) is 4.72. The van der Waals surface area contributed by atoms with Crippen molar-refractivity contribution in [2.45, 2.75) is 18.9 Å². The van der Waals surface area contributed by atoms with Crippen molar-refractivity contribution in [2.24, 2.45) is 0 Å². The number of anilines is 1. The van der Waals surface area contributed by atoms with Gasteiger partial charge in [0, 0.05) is 18.0 Å². The number of imidazole rings is 1. The molecule has 0 unspecified atom stereocenters. The summed E-state index contributed by atoms with van der Waals surface area (Å²) < 4.78 is 67.8. The number of aryl methyl sites for hydroxylation is 1. The summed E-state index contributed by atoms with van der Waals surface area (Å²) in [6, 6.07) is 15.0. The van der Waals surface area contributed by atoms with Crippen LogP contribution < -0.4 is 4.72 Å². The van der Waals surface area contributed by atoms with E-state index in [1.807, 2.05) is 41.1 Å². The molecule has 0 aliphatic heterocycles. The summed E-state index contributed by atoms with van der Waals surface area (Å²) in [5.41, 5.74) is 2.73. The molecule has 0 aliphatic carbocycles. The molecule has 0 saturated heterocycles. The van der Waals surface area contributed by atoms with Crippen molar-refractivity contribution in [3.8, 4) is 11.3 Å². The number of fused-ring (bicyclic) bond motifs is 1. The molecule has 0 radical (unpaired) electrons. The van der Waals surface area contributed by atoms with Gasteiger partial charge in [-0.15, -0.1) is 0 Å². The van der Waals surface area contributed by atoms with Gasteiger partial charge in [0.25, 0.3) is 0 Å². The number of sulfonamides is 1. The highest BCUT2D eigenvalue weighted by molar-refractivity contribution is 7.91. The van der Waals surface area contributed by atoms with Gasteiger partial charge in [-0.2, -0.15) is 13.2 Å². The predicted octanol–water partition coefficient (Wildman–Crippen LogP) is 5.27. The molecule has 1 N–H and O–H groups in total. The minimum atomic E-state index is -4.47. The van der Waals surface area contributed by atoms with Crippen LogP contribution in [0, 0.1) is 6.92 Å². The predicted molar refractivity (Wildman–Crippen MR) is 113 cm³/mol. The van der Waals surface area contributed by atoms with E-state index in [4.69, 9.17) is 0 Å². The molecule has 0 saturated carbocycles. The molecule has 0 amide bonds. The molecule has 0 aliphatic rings. The second kappa shape index (κ2) is 7.73. The molecule has 2 aromatic heterocycles. The lowest BCUT2D eigenvalue weighted by atomic mass is 10.1.